The van der Waals surface area contributed by atoms with E-state index in [1.54, 1.807) is 4.52 Å². The summed E-state index contributed by atoms with van der Waals surface area (Å²) in [6.45, 7) is 2.49. The van der Waals surface area contributed by atoms with Crippen LogP contribution in [0.3, 0.4) is 0 Å². The molecule has 4 aromatic rings. The molecule has 0 radical (unpaired) electrons. The first-order valence-electron chi connectivity index (χ1n) is 9.87. The first kappa shape index (κ1) is 18.3. The number of aromatic nitrogens is 3. The van der Waals surface area contributed by atoms with Crippen LogP contribution in [0, 0.1) is 6.92 Å². The minimum atomic E-state index is -0.269. The molecule has 7 heteroatoms. The molecule has 1 unspecified atom stereocenters. The molecule has 1 atom stereocenters. The maximum absolute atomic E-state index is 13.0. The molecule has 0 aliphatic carbocycles. The Hall–Kier alpha value is -3.71. The lowest BCUT2D eigenvalue weighted by molar-refractivity contribution is -0.0829. The fourth-order valence-electron chi connectivity index (χ4n) is 3.75. The lowest BCUT2D eigenvalue weighted by Crippen LogP contribution is -2.33. The summed E-state index contributed by atoms with van der Waals surface area (Å²) in [5, 5.41) is 8.60. The Labute approximate surface area is 173 Å². The summed E-state index contributed by atoms with van der Waals surface area (Å²) in [6.07, 6.45) is 4.17. The van der Waals surface area contributed by atoms with E-state index in [1.807, 2.05) is 73.8 Å². The number of fused-ring (bicyclic) bond motifs is 1. The summed E-state index contributed by atoms with van der Waals surface area (Å²) in [6, 6.07) is 19.6. The van der Waals surface area contributed by atoms with Crippen LogP contribution in [0.5, 0.6) is 0 Å². The first-order chi connectivity index (χ1) is 14.7. The van der Waals surface area contributed by atoms with Gasteiger partial charge in [0.2, 0.25) is 0 Å². The van der Waals surface area contributed by atoms with Crippen molar-refractivity contribution in [3.05, 3.63) is 84.3 Å². The summed E-state index contributed by atoms with van der Waals surface area (Å²) in [5.41, 5.74) is 5.56. The van der Waals surface area contributed by atoms with Crippen molar-refractivity contribution >= 4 is 17.4 Å². The van der Waals surface area contributed by atoms with Gasteiger partial charge in [0.05, 0.1) is 12.6 Å². The summed E-state index contributed by atoms with van der Waals surface area (Å²) in [4.78, 5) is 22.9. The normalized spacial score (nSPS) is 16.2. The summed E-state index contributed by atoms with van der Waals surface area (Å²) < 4.78 is 1.72. The van der Waals surface area contributed by atoms with Crippen molar-refractivity contribution < 1.29 is 9.63 Å². The lowest BCUT2D eigenvalue weighted by atomic mass is 10.0. The quantitative estimate of drug-likeness (QED) is 0.546. The molecular formula is C23H21N5O2. The van der Waals surface area contributed by atoms with Gasteiger partial charge < -0.3 is 5.32 Å². The van der Waals surface area contributed by atoms with Crippen molar-refractivity contribution in [3.63, 3.8) is 0 Å². The van der Waals surface area contributed by atoms with Gasteiger partial charge in [-0.25, -0.2) is 14.3 Å². The number of rotatable bonds is 3. The Bertz CT molecular complexity index is 1200. The number of amides is 2. The molecule has 7 nitrogen and oxygen atoms in total. The molecule has 1 N–H and O–H groups in total. The van der Waals surface area contributed by atoms with Gasteiger partial charge >= 0.3 is 6.03 Å². The zero-order valence-corrected chi connectivity index (χ0v) is 16.5. The lowest BCUT2D eigenvalue weighted by Gasteiger charge is -2.23. The second kappa shape index (κ2) is 7.61. The maximum Gasteiger partial charge on any atom is 0.346 e. The van der Waals surface area contributed by atoms with E-state index in [2.05, 4.69) is 15.4 Å². The van der Waals surface area contributed by atoms with E-state index < -0.39 is 0 Å². The van der Waals surface area contributed by atoms with Crippen LogP contribution in [0.25, 0.3) is 16.8 Å². The molecule has 0 bridgehead atoms. The van der Waals surface area contributed by atoms with Crippen LogP contribution >= 0.6 is 0 Å². The van der Waals surface area contributed by atoms with Crippen molar-refractivity contribution in [1.29, 1.82) is 0 Å². The van der Waals surface area contributed by atoms with Gasteiger partial charge in [0.25, 0.3) is 0 Å². The molecule has 1 aliphatic heterocycles. The van der Waals surface area contributed by atoms with E-state index in [-0.39, 0.29) is 12.1 Å². The van der Waals surface area contributed by atoms with Gasteiger partial charge in [-0.3, -0.25) is 4.84 Å². The monoisotopic (exact) mass is 399 g/mol. The van der Waals surface area contributed by atoms with Crippen molar-refractivity contribution in [1.82, 2.24) is 19.7 Å². The fraction of sp³-hybridized carbons (Fsp3) is 0.174. The Morgan fingerprint density at radius 1 is 1.10 bits per heavy atom. The third-order valence-electron chi connectivity index (χ3n) is 5.38. The number of carbonyl (C=O) groups excluding carboxylic acids is 1. The smallest absolute Gasteiger partial charge is 0.306 e. The van der Waals surface area contributed by atoms with Crippen LogP contribution in [0.15, 0.2) is 73.2 Å². The van der Waals surface area contributed by atoms with Gasteiger partial charge in [-0.1, -0.05) is 42.5 Å². The third-order valence-corrected chi connectivity index (χ3v) is 5.38. The zero-order chi connectivity index (χ0) is 20.5. The Morgan fingerprint density at radius 3 is 2.80 bits per heavy atom. The molecule has 2 aromatic carbocycles. The Balaban J connectivity index is 1.40. The topological polar surface area (TPSA) is 71.8 Å². The molecule has 2 aromatic heterocycles. The molecule has 1 saturated heterocycles. The number of benzene rings is 2. The summed E-state index contributed by atoms with van der Waals surface area (Å²) in [7, 11) is 0. The number of hydroxylamine groups is 2. The average molecular weight is 399 g/mol. The molecule has 150 valence electrons. The number of pyridine rings is 1. The number of aryl methyl sites for hydroxylation is 1. The van der Waals surface area contributed by atoms with Gasteiger partial charge in [-0.05, 0) is 47.4 Å². The molecular weight excluding hydrogens is 378 g/mol. The highest BCUT2D eigenvalue weighted by molar-refractivity contribution is 5.91. The molecule has 1 aliphatic rings. The highest BCUT2D eigenvalue weighted by Gasteiger charge is 2.32. The van der Waals surface area contributed by atoms with Gasteiger partial charge in [0.15, 0.2) is 5.65 Å². The minimum absolute atomic E-state index is 0.0926. The molecule has 2 amide bonds. The number of nitrogens with one attached hydrogen (secondary N) is 1. The second-order valence-electron chi connectivity index (χ2n) is 7.31. The maximum atomic E-state index is 13.0. The number of urea groups is 1. The van der Waals surface area contributed by atoms with Crippen molar-refractivity contribution in [2.24, 2.45) is 0 Å². The Kier molecular flexibility index (Phi) is 4.65. The summed E-state index contributed by atoms with van der Waals surface area (Å²) in [5.74, 6) is 0. The van der Waals surface area contributed by atoms with Crippen molar-refractivity contribution in [3.8, 4) is 11.1 Å². The summed E-state index contributed by atoms with van der Waals surface area (Å²) >= 11 is 0. The predicted molar refractivity (Wildman–Crippen MR) is 114 cm³/mol. The van der Waals surface area contributed by atoms with Crippen LogP contribution < -0.4 is 5.32 Å². The number of hydrogen-bond donors (Lipinski definition) is 1. The van der Waals surface area contributed by atoms with E-state index in [0.29, 0.717) is 6.61 Å². The predicted octanol–water partition coefficient (Wildman–Crippen LogP) is 4.62. The van der Waals surface area contributed by atoms with Crippen LogP contribution in [0.1, 0.15) is 23.6 Å². The highest BCUT2D eigenvalue weighted by Crippen LogP contribution is 2.32. The molecule has 30 heavy (non-hydrogen) atoms. The minimum Gasteiger partial charge on any atom is -0.306 e. The standard InChI is InChI=1S/C23H21N5O2/c1-16-7-8-18(19-9-11-27-22(14-19)24-15-25-27)13-20(16)26-23(29)28-21(10-12-30-28)17-5-3-2-4-6-17/h2-9,11,13-15,21H,10,12H2,1H3,(H,26,29). The van der Waals surface area contributed by atoms with Crippen LogP contribution in [0.2, 0.25) is 0 Å². The SMILES string of the molecule is Cc1ccc(-c2ccn3ncnc3c2)cc1NC(=O)N1OCCC1c1ccccc1. The second-order valence-corrected chi connectivity index (χ2v) is 7.31. The van der Waals surface area contributed by atoms with Crippen molar-refractivity contribution in [2.75, 3.05) is 11.9 Å². The van der Waals surface area contributed by atoms with E-state index in [4.69, 9.17) is 4.84 Å². The third kappa shape index (κ3) is 3.40. The molecule has 1 fully saturated rings. The molecule has 3 heterocycles. The largest absolute Gasteiger partial charge is 0.346 e. The van der Waals surface area contributed by atoms with Gasteiger partial charge in [-0.2, -0.15) is 10.2 Å². The van der Waals surface area contributed by atoms with E-state index in [9.17, 15) is 4.79 Å². The first-order valence-corrected chi connectivity index (χ1v) is 9.87. The molecule has 5 rings (SSSR count). The van der Waals surface area contributed by atoms with E-state index in [1.165, 1.54) is 11.4 Å². The average Bonchev–Trinajstić information content (AvgIpc) is 3.45. The number of hydrogen-bond acceptors (Lipinski definition) is 4. The van der Waals surface area contributed by atoms with Crippen LogP contribution in [-0.4, -0.2) is 32.3 Å². The number of carbonyl (C=O) groups is 1. The number of nitrogens with zero attached hydrogens (tertiary/aromatic N) is 4. The number of anilines is 1. The van der Waals surface area contributed by atoms with Gasteiger partial charge in [0.1, 0.15) is 6.33 Å². The van der Waals surface area contributed by atoms with E-state index in [0.717, 1.165) is 40.0 Å². The van der Waals surface area contributed by atoms with E-state index >= 15 is 0 Å². The van der Waals surface area contributed by atoms with Crippen LogP contribution in [-0.2, 0) is 4.84 Å². The van der Waals surface area contributed by atoms with Gasteiger partial charge in [-0.15, -0.1) is 0 Å². The van der Waals surface area contributed by atoms with Crippen molar-refractivity contribution in [2.45, 2.75) is 19.4 Å². The Morgan fingerprint density at radius 2 is 1.93 bits per heavy atom. The zero-order valence-electron chi connectivity index (χ0n) is 16.5. The molecule has 0 spiro atoms. The highest BCUT2D eigenvalue weighted by atomic mass is 16.7. The van der Waals surface area contributed by atoms with Crippen LogP contribution in [0.4, 0.5) is 10.5 Å². The van der Waals surface area contributed by atoms with Gasteiger partial charge in [0, 0.05) is 18.3 Å². The fourth-order valence-corrected chi connectivity index (χ4v) is 3.75. The molecule has 0 saturated carbocycles.